The number of ether oxygens (including phenoxy) is 1. The SMILES string of the molecule is CN=C(NCc1noc(C)n1)NCC(c1ccc(OC)cc1)N1CCCC1. The minimum Gasteiger partial charge on any atom is -0.497 e. The number of aryl methyl sites for hydroxylation is 1. The lowest BCUT2D eigenvalue weighted by Gasteiger charge is -2.29. The number of nitrogens with one attached hydrogen (secondary N) is 2. The van der Waals surface area contributed by atoms with Gasteiger partial charge in [0.1, 0.15) is 5.75 Å². The van der Waals surface area contributed by atoms with Gasteiger partial charge in [-0.2, -0.15) is 4.98 Å². The second-order valence-electron chi connectivity index (χ2n) is 6.57. The van der Waals surface area contributed by atoms with Crippen molar-refractivity contribution in [1.82, 2.24) is 25.7 Å². The van der Waals surface area contributed by atoms with Crippen molar-refractivity contribution >= 4 is 5.96 Å². The highest BCUT2D eigenvalue weighted by molar-refractivity contribution is 5.79. The first-order chi connectivity index (χ1) is 13.2. The summed E-state index contributed by atoms with van der Waals surface area (Å²) < 4.78 is 10.3. The second kappa shape index (κ2) is 9.36. The summed E-state index contributed by atoms with van der Waals surface area (Å²) in [5.41, 5.74) is 1.27. The lowest BCUT2D eigenvalue weighted by Crippen LogP contribution is -2.42. The van der Waals surface area contributed by atoms with Gasteiger partial charge in [0, 0.05) is 20.5 Å². The van der Waals surface area contributed by atoms with Crippen molar-refractivity contribution in [3.63, 3.8) is 0 Å². The van der Waals surface area contributed by atoms with Gasteiger partial charge in [0.05, 0.1) is 19.7 Å². The summed E-state index contributed by atoms with van der Waals surface area (Å²) in [7, 11) is 3.45. The van der Waals surface area contributed by atoms with Crippen LogP contribution in [-0.4, -0.2) is 54.8 Å². The summed E-state index contributed by atoms with van der Waals surface area (Å²) in [5.74, 6) is 2.76. The fourth-order valence-electron chi connectivity index (χ4n) is 3.33. The molecule has 0 spiro atoms. The Kier molecular flexibility index (Phi) is 6.64. The van der Waals surface area contributed by atoms with Gasteiger partial charge in [-0.3, -0.25) is 9.89 Å². The summed E-state index contributed by atoms with van der Waals surface area (Å²) in [6.45, 7) is 5.24. The molecule has 1 atom stereocenters. The van der Waals surface area contributed by atoms with E-state index in [0.29, 0.717) is 18.3 Å². The highest BCUT2D eigenvalue weighted by Gasteiger charge is 2.23. The Morgan fingerprint density at radius 3 is 2.59 bits per heavy atom. The molecule has 1 unspecified atom stereocenters. The molecule has 1 saturated heterocycles. The van der Waals surface area contributed by atoms with Gasteiger partial charge < -0.3 is 19.9 Å². The molecule has 2 aromatic rings. The summed E-state index contributed by atoms with van der Waals surface area (Å²) >= 11 is 0. The summed E-state index contributed by atoms with van der Waals surface area (Å²) in [6, 6.07) is 8.60. The number of hydrogen-bond acceptors (Lipinski definition) is 6. The Balaban J connectivity index is 1.62. The molecular formula is C19H28N6O2. The molecule has 8 nitrogen and oxygen atoms in total. The van der Waals surface area contributed by atoms with Gasteiger partial charge in [0.25, 0.3) is 0 Å². The zero-order chi connectivity index (χ0) is 19.1. The number of benzene rings is 1. The van der Waals surface area contributed by atoms with Crippen LogP contribution < -0.4 is 15.4 Å². The zero-order valence-corrected chi connectivity index (χ0v) is 16.2. The van der Waals surface area contributed by atoms with Gasteiger partial charge in [-0.1, -0.05) is 17.3 Å². The Bertz CT molecular complexity index is 737. The lowest BCUT2D eigenvalue weighted by molar-refractivity contribution is 0.245. The number of likely N-dealkylation sites (tertiary alicyclic amines) is 1. The number of aromatic nitrogens is 2. The van der Waals surface area contributed by atoms with Gasteiger partial charge in [0.2, 0.25) is 5.89 Å². The molecule has 0 saturated carbocycles. The van der Waals surface area contributed by atoms with Crippen molar-refractivity contribution in [2.75, 3.05) is 33.8 Å². The number of hydrogen-bond donors (Lipinski definition) is 2. The van der Waals surface area contributed by atoms with Crippen molar-refractivity contribution in [2.24, 2.45) is 4.99 Å². The first-order valence-electron chi connectivity index (χ1n) is 9.31. The van der Waals surface area contributed by atoms with Crippen molar-refractivity contribution in [2.45, 2.75) is 32.4 Å². The fraction of sp³-hybridized carbons (Fsp3) is 0.526. The molecule has 8 heteroatoms. The average molecular weight is 372 g/mol. The molecule has 1 aliphatic rings. The van der Waals surface area contributed by atoms with E-state index in [9.17, 15) is 0 Å². The van der Waals surface area contributed by atoms with Crippen LogP contribution in [0.2, 0.25) is 0 Å². The Labute approximate surface area is 160 Å². The summed E-state index contributed by atoms with van der Waals surface area (Å²) in [4.78, 5) is 11.0. The van der Waals surface area contributed by atoms with E-state index in [4.69, 9.17) is 9.26 Å². The quantitative estimate of drug-likeness (QED) is 0.567. The van der Waals surface area contributed by atoms with E-state index >= 15 is 0 Å². The van der Waals surface area contributed by atoms with E-state index in [0.717, 1.165) is 31.3 Å². The maximum absolute atomic E-state index is 5.29. The normalized spacial score (nSPS) is 16.3. The van der Waals surface area contributed by atoms with E-state index in [-0.39, 0.29) is 6.04 Å². The van der Waals surface area contributed by atoms with Crippen LogP contribution in [0.5, 0.6) is 5.75 Å². The van der Waals surface area contributed by atoms with Crippen molar-refractivity contribution < 1.29 is 9.26 Å². The molecular weight excluding hydrogens is 344 g/mol. The van der Waals surface area contributed by atoms with Gasteiger partial charge in [-0.25, -0.2) is 0 Å². The molecule has 2 N–H and O–H groups in total. The van der Waals surface area contributed by atoms with Crippen LogP contribution in [0.15, 0.2) is 33.8 Å². The van der Waals surface area contributed by atoms with E-state index in [2.05, 4.69) is 42.8 Å². The van der Waals surface area contributed by atoms with E-state index in [1.807, 2.05) is 12.1 Å². The Morgan fingerprint density at radius 1 is 1.26 bits per heavy atom. The monoisotopic (exact) mass is 372 g/mol. The number of guanidine groups is 1. The molecule has 3 rings (SSSR count). The maximum Gasteiger partial charge on any atom is 0.223 e. The minimum atomic E-state index is 0.282. The third kappa shape index (κ3) is 5.19. The predicted octanol–water partition coefficient (Wildman–Crippen LogP) is 1.89. The van der Waals surface area contributed by atoms with Crippen molar-refractivity contribution in [1.29, 1.82) is 0 Å². The van der Waals surface area contributed by atoms with Crippen LogP contribution >= 0.6 is 0 Å². The smallest absolute Gasteiger partial charge is 0.223 e. The van der Waals surface area contributed by atoms with Crippen molar-refractivity contribution in [3.8, 4) is 5.75 Å². The second-order valence-corrected chi connectivity index (χ2v) is 6.57. The van der Waals surface area contributed by atoms with Crippen LogP contribution in [0, 0.1) is 6.92 Å². The molecule has 0 amide bonds. The molecule has 1 fully saturated rings. The fourth-order valence-corrected chi connectivity index (χ4v) is 3.33. The van der Waals surface area contributed by atoms with Crippen molar-refractivity contribution in [3.05, 3.63) is 41.5 Å². The number of aliphatic imine (C=N–C) groups is 1. The maximum atomic E-state index is 5.29. The van der Waals surface area contributed by atoms with Crippen LogP contribution in [-0.2, 0) is 6.54 Å². The Hall–Kier alpha value is -2.61. The van der Waals surface area contributed by atoms with Crippen LogP contribution in [0.1, 0.15) is 36.2 Å². The van der Waals surface area contributed by atoms with E-state index < -0.39 is 0 Å². The largest absolute Gasteiger partial charge is 0.497 e. The Morgan fingerprint density at radius 2 is 2.00 bits per heavy atom. The van der Waals surface area contributed by atoms with Crippen LogP contribution in [0.4, 0.5) is 0 Å². The zero-order valence-electron chi connectivity index (χ0n) is 16.2. The van der Waals surface area contributed by atoms with Crippen LogP contribution in [0.3, 0.4) is 0 Å². The molecule has 1 aliphatic heterocycles. The molecule has 0 bridgehead atoms. The third-order valence-electron chi connectivity index (χ3n) is 4.75. The molecule has 1 aromatic heterocycles. The van der Waals surface area contributed by atoms with Crippen LogP contribution in [0.25, 0.3) is 0 Å². The van der Waals surface area contributed by atoms with Gasteiger partial charge in [0.15, 0.2) is 11.8 Å². The number of nitrogens with zero attached hydrogens (tertiary/aromatic N) is 4. The summed E-state index contributed by atoms with van der Waals surface area (Å²) in [6.07, 6.45) is 2.49. The first kappa shape index (κ1) is 19.2. The molecule has 0 radical (unpaired) electrons. The molecule has 146 valence electrons. The highest BCUT2D eigenvalue weighted by atomic mass is 16.5. The molecule has 1 aromatic carbocycles. The standard InChI is InChI=1S/C19H28N6O2/c1-14-23-18(24-27-14)13-22-19(20-2)21-12-17(25-10-4-5-11-25)15-6-8-16(26-3)9-7-15/h6-9,17H,4-5,10-13H2,1-3H3,(H2,20,21,22). The third-order valence-corrected chi connectivity index (χ3v) is 4.75. The van der Waals surface area contributed by atoms with Gasteiger partial charge in [-0.05, 0) is 43.6 Å². The minimum absolute atomic E-state index is 0.282. The topological polar surface area (TPSA) is 87.8 Å². The average Bonchev–Trinajstić information content (AvgIpc) is 3.37. The van der Waals surface area contributed by atoms with Gasteiger partial charge >= 0.3 is 0 Å². The molecule has 2 heterocycles. The predicted molar refractivity (Wildman–Crippen MR) is 104 cm³/mol. The highest BCUT2D eigenvalue weighted by Crippen LogP contribution is 2.26. The molecule has 0 aliphatic carbocycles. The number of methoxy groups -OCH3 is 1. The molecule has 27 heavy (non-hydrogen) atoms. The number of rotatable bonds is 7. The van der Waals surface area contributed by atoms with E-state index in [1.54, 1.807) is 21.1 Å². The van der Waals surface area contributed by atoms with E-state index in [1.165, 1.54) is 18.4 Å². The summed E-state index contributed by atoms with van der Waals surface area (Å²) in [5, 5.41) is 10.6. The van der Waals surface area contributed by atoms with Gasteiger partial charge in [-0.15, -0.1) is 0 Å². The first-order valence-corrected chi connectivity index (χ1v) is 9.31. The lowest BCUT2D eigenvalue weighted by atomic mass is 10.1.